The van der Waals surface area contributed by atoms with Crippen LogP contribution >= 0.6 is 11.6 Å². The number of hydrogen-bond acceptors (Lipinski definition) is 4. The number of rotatable bonds is 3. The standard InChI is InChI=1S/C15H20ClN3O2/c1-21-14-8-11(17)10(16)7-9(14)15(20)18-12-4-6-19-5-2-3-13(12)19/h7-8,12-13H,2-6,17H2,1H3,(H,18,20). The second-order valence-corrected chi connectivity index (χ2v) is 6.10. The largest absolute Gasteiger partial charge is 0.496 e. The Morgan fingerprint density at radius 3 is 3.00 bits per heavy atom. The summed E-state index contributed by atoms with van der Waals surface area (Å²) in [7, 11) is 1.52. The minimum Gasteiger partial charge on any atom is -0.496 e. The Labute approximate surface area is 129 Å². The van der Waals surface area contributed by atoms with Gasteiger partial charge in [-0.15, -0.1) is 0 Å². The van der Waals surface area contributed by atoms with Gasteiger partial charge in [0.15, 0.2) is 0 Å². The maximum absolute atomic E-state index is 12.5. The van der Waals surface area contributed by atoms with E-state index in [9.17, 15) is 4.79 Å². The normalized spacial score (nSPS) is 24.9. The molecule has 21 heavy (non-hydrogen) atoms. The lowest BCUT2D eigenvalue weighted by Gasteiger charge is -2.22. The van der Waals surface area contributed by atoms with Crippen LogP contribution in [0.5, 0.6) is 5.75 Å². The van der Waals surface area contributed by atoms with E-state index in [-0.39, 0.29) is 11.9 Å². The maximum Gasteiger partial charge on any atom is 0.255 e. The summed E-state index contributed by atoms with van der Waals surface area (Å²) in [5.74, 6) is 0.308. The quantitative estimate of drug-likeness (QED) is 0.837. The molecule has 3 rings (SSSR count). The summed E-state index contributed by atoms with van der Waals surface area (Å²) in [5.41, 5.74) is 6.60. The van der Waals surface area contributed by atoms with Gasteiger partial charge in [0.1, 0.15) is 5.75 Å². The SMILES string of the molecule is COc1cc(N)c(Cl)cc1C(=O)NC1CCN2CCCC12. The first-order chi connectivity index (χ1) is 10.1. The average Bonchev–Trinajstić information content (AvgIpc) is 3.06. The number of amides is 1. The molecule has 3 N–H and O–H groups in total. The fourth-order valence-corrected chi connectivity index (χ4v) is 3.58. The summed E-state index contributed by atoms with van der Waals surface area (Å²) in [6.45, 7) is 2.21. The number of methoxy groups -OCH3 is 1. The number of nitrogens with zero attached hydrogens (tertiary/aromatic N) is 1. The van der Waals surface area contributed by atoms with Crippen LogP contribution in [0.25, 0.3) is 0 Å². The molecular formula is C15H20ClN3O2. The predicted molar refractivity (Wildman–Crippen MR) is 82.9 cm³/mol. The van der Waals surface area contributed by atoms with Crippen LogP contribution in [-0.4, -0.2) is 43.1 Å². The van der Waals surface area contributed by atoms with Crippen LogP contribution in [-0.2, 0) is 0 Å². The Bertz CT molecular complexity index is 564. The lowest BCUT2D eigenvalue weighted by molar-refractivity contribution is 0.0926. The molecule has 6 heteroatoms. The van der Waals surface area contributed by atoms with Crippen molar-refractivity contribution in [2.75, 3.05) is 25.9 Å². The minimum atomic E-state index is -0.146. The van der Waals surface area contributed by atoms with Crippen LogP contribution in [0.3, 0.4) is 0 Å². The van der Waals surface area contributed by atoms with Gasteiger partial charge in [-0.2, -0.15) is 0 Å². The highest BCUT2D eigenvalue weighted by atomic mass is 35.5. The number of hydrogen-bond donors (Lipinski definition) is 2. The molecule has 2 heterocycles. The second-order valence-electron chi connectivity index (χ2n) is 5.69. The van der Waals surface area contributed by atoms with E-state index in [1.54, 1.807) is 12.1 Å². The maximum atomic E-state index is 12.5. The van der Waals surface area contributed by atoms with Crippen LogP contribution in [0, 0.1) is 0 Å². The number of nitrogens with two attached hydrogens (primary N) is 1. The first-order valence-electron chi connectivity index (χ1n) is 7.28. The predicted octanol–water partition coefficient (Wildman–Crippen LogP) is 1.90. The Morgan fingerprint density at radius 1 is 1.43 bits per heavy atom. The number of nitrogen functional groups attached to an aromatic ring is 1. The Morgan fingerprint density at radius 2 is 2.24 bits per heavy atom. The molecule has 1 aromatic carbocycles. The van der Waals surface area contributed by atoms with Gasteiger partial charge in [0, 0.05) is 24.7 Å². The number of nitrogens with one attached hydrogen (secondary N) is 1. The summed E-state index contributed by atoms with van der Waals surface area (Å²) in [6.07, 6.45) is 3.38. The lowest BCUT2D eigenvalue weighted by Crippen LogP contribution is -2.42. The molecule has 0 aliphatic carbocycles. The van der Waals surface area contributed by atoms with Crippen molar-refractivity contribution in [3.05, 3.63) is 22.7 Å². The molecule has 1 aromatic rings. The zero-order valence-electron chi connectivity index (χ0n) is 12.1. The van der Waals surface area contributed by atoms with Crippen LogP contribution in [0.15, 0.2) is 12.1 Å². The summed E-state index contributed by atoms with van der Waals surface area (Å²) < 4.78 is 5.24. The first-order valence-corrected chi connectivity index (χ1v) is 7.66. The lowest BCUT2D eigenvalue weighted by atomic mass is 10.1. The van der Waals surface area contributed by atoms with Gasteiger partial charge in [-0.3, -0.25) is 9.69 Å². The molecule has 2 aliphatic rings. The first kappa shape index (κ1) is 14.5. The summed E-state index contributed by atoms with van der Waals surface area (Å²) in [6, 6.07) is 3.85. The zero-order valence-corrected chi connectivity index (χ0v) is 12.8. The van der Waals surface area contributed by atoms with Crippen LogP contribution in [0.1, 0.15) is 29.6 Å². The van der Waals surface area contributed by atoms with Crippen LogP contribution < -0.4 is 15.8 Å². The van der Waals surface area contributed by atoms with E-state index >= 15 is 0 Å². The van der Waals surface area contributed by atoms with E-state index in [4.69, 9.17) is 22.1 Å². The number of carbonyl (C=O) groups excluding carboxylic acids is 1. The third kappa shape index (κ3) is 2.68. The topological polar surface area (TPSA) is 67.6 Å². The van der Waals surface area contributed by atoms with Crippen molar-refractivity contribution in [3.8, 4) is 5.75 Å². The number of halogens is 1. The molecule has 0 saturated carbocycles. The second kappa shape index (κ2) is 5.73. The molecule has 0 aromatic heterocycles. The molecule has 2 aliphatic heterocycles. The highest BCUT2D eigenvalue weighted by molar-refractivity contribution is 6.33. The van der Waals surface area contributed by atoms with Crippen molar-refractivity contribution in [1.29, 1.82) is 0 Å². The van der Waals surface area contributed by atoms with E-state index < -0.39 is 0 Å². The van der Waals surface area contributed by atoms with Gasteiger partial charge >= 0.3 is 0 Å². The van der Waals surface area contributed by atoms with E-state index in [0.29, 0.717) is 28.1 Å². The Balaban J connectivity index is 1.78. The number of fused-ring (bicyclic) bond motifs is 1. The van der Waals surface area contributed by atoms with Crippen molar-refractivity contribution in [2.45, 2.75) is 31.3 Å². The fraction of sp³-hybridized carbons (Fsp3) is 0.533. The number of ether oxygens (including phenoxy) is 1. The molecule has 2 atom stereocenters. The van der Waals surface area contributed by atoms with Gasteiger partial charge in [-0.1, -0.05) is 11.6 Å². The van der Waals surface area contributed by atoms with Gasteiger partial charge in [0.2, 0.25) is 0 Å². The van der Waals surface area contributed by atoms with E-state index in [2.05, 4.69) is 10.2 Å². The molecule has 0 radical (unpaired) electrons. The molecule has 0 bridgehead atoms. The van der Waals surface area contributed by atoms with Crippen molar-refractivity contribution in [3.63, 3.8) is 0 Å². The van der Waals surface area contributed by atoms with E-state index in [0.717, 1.165) is 25.9 Å². The van der Waals surface area contributed by atoms with E-state index in [1.165, 1.54) is 13.5 Å². The Hall–Kier alpha value is -1.46. The number of benzene rings is 1. The van der Waals surface area contributed by atoms with Gasteiger partial charge < -0.3 is 15.8 Å². The molecule has 5 nitrogen and oxygen atoms in total. The van der Waals surface area contributed by atoms with Crippen molar-refractivity contribution < 1.29 is 9.53 Å². The van der Waals surface area contributed by atoms with Crippen molar-refractivity contribution in [1.82, 2.24) is 10.2 Å². The Kier molecular flexibility index (Phi) is 3.95. The van der Waals surface area contributed by atoms with Gasteiger partial charge in [0.05, 0.1) is 23.4 Å². The van der Waals surface area contributed by atoms with Crippen LogP contribution in [0.4, 0.5) is 5.69 Å². The van der Waals surface area contributed by atoms with Gasteiger partial charge in [0.25, 0.3) is 5.91 Å². The average molecular weight is 310 g/mol. The minimum absolute atomic E-state index is 0.146. The molecule has 2 fully saturated rings. The zero-order chi connectivity index (χ0) is 15.0. The van der Waals surface area contributed by atoms with Crippen molar-refractivity contribution >= 4 is 23.2 Å². The molecule has 1 amide bonds. The van der Waals surface area contributed by atoms with Gasteiger partial charge in [-0.05, 0) is 31.9 Å². The summed E-state index contributed by atoms with van der Waals surface area (Å²) in [5, 5.41) is 3.50. The summed E-state index contributed by atoms with van der Waals surface area (Å²) >= 11 is 6.02. The van der Waals surface area contributed by atoms with Gasteiger partial charge in [-0.25, -0.2) is 0 Å². The molecule has 2 unspecified atom stereocenters. The summed E-state index contributed by atoms with van der Waals surface area (Å²) in [4.78, 5) is 15.0. The molecule has 2 saturated heterocycles. The third-order valence-corrected chi connectivity index (χ3v) is 4.81. The molecule has 0 spiro atoms. The fourth-order valence-electron chi connectivity index (χ4n) is 3.41. The number of anilines is 1. The highest BCUT2D eigenvalue weighted by Gasteiger charge is 2.38. The molecule has 114 valence electrons. The monoisotopic (exact) mass is 309 g/mol. The third-order valence-electron chi connectivity index (χ3n) is 4.49. The van der Waals surface area contributed by atoms with Crippen LogP contribution in [0.2, 0.25) is 5.02 Å². The highest BCUT2D eigenvalue weighted by Crippen LogP contribution is 2.31. The molecular weight excluding hydrogens is 290 g/mol. The van der Waals surface area contributed by atoms with E-state index in [1.807, 2.05) is 0 Å². The smallest absolute Gasteiger partial charge is 0.255 e. The number of carbonyl (C=O) groups is 1. The van der Waals surface area contributed by atoms with Crippen molar-refractivity contribution in [2.24, 2.45) is 0 Å².